The number of nitrogens with zero attached hydrogens (tertiary/aromatic N) is 1. The Morgan fingerprint density at radius 3 is 2.21 bits per heavy atom. The number of hydrazone groups is 1. The Morgan fingerprint density at radius 2 is 1.51 bits per heavy atom. The monoisotopic (exact) mass is 597 g/mol. The highest BCUT2D eigenvalue weighted by Crippen LogP contribution is 2.36. The minimum Gasteiger partial charge on any atom is -0.490 e. The molecule has 3 aromatic rings. The summed E-state index contributed by atoms with van der Waals surface area (Å²) in [4.78, 5) is 25.0. The van der Waals surface area contributed by atoms with Gasteiger partial charge in [0.25, 0.3) is 11.8 Å². The van der Waals surface area contributed by atoms with E-state index in [-0.39, 0.29) is 12.5 Å². The van der Waals surface area contributed by atoms with Crippen molar-refractivity contribution >= 4 is 39.6 Å². The number of nitrogens with one attached hydrogen (secondary N) is 2. The van der Waals surface area contributed by atoms with Crippen LogP contribution in [-0.2, 0) is 4.79 Å². The minimum atomic E-state index is -0.404. The van der Waals surface area contributed by atoms with Crippen LogP contribution in [0.5, 0.6) is 23.0 Å². The lowest BCUT2D eigenvalue weighted by molar-refractivity contribution is -0.118. The quantitative estimate of drug-likeness (QED) is 0.192. The molecule has 39 heavy (non-hydrogen) atoms. The zero-order valence-corrected chi connectivity index (χ0v) is 24.0. The summed E-state index contributed by atoms with van der Waals surface area (Å²) in [5, 5.41) is 6.87. The van der Waals surface area contributed by atoms with Crippen molar-refractivity contribution in [1.82, 2.24) is 5.43 Å². The van der Waals surface area contributed by atoms with Gasteiger partial charge in [-0.1, -0.05) is 17.7 Å². The highest BCUT2D eigenvalue weighted by Gasteiger charge is 2.15. The fourth-order valence-electron chi connectivity index (χ4n) is 3.46. The number of ether oxygens (including phenoxy) is 4. The van der Waals surface area contributed by atoms with E-state index in [4.69, 9.17) is 18.9 Å². The molecule has 0 unspecified atom stereocenters. The van der Waals surface area contributed by atoms with Gasteiger partial charge in [-0.3, -0.25) is 9.59 Å². The summed E-state index contributed by atoms with van der Waals surface area (Å²) in [7, 11) is 0. The first-order valence-electron chi connectivity index (χ1n) is 12.5. The Kier molecular flexibility index (Phi) is 11.2. The normalized spacial score (nSPS) is 10.7. The standard InChI is InChI=1S/C29H32BrN3O6/c1-5-36-24-13-10-21(16-25(24)37-6-2)29(35)33-31-17-20-14-23(30)28(26(15-20)38-7-3)39-18-27(34)32-22-11-8-19(4)9-12-22/h8-17H,5-7,18H2,1-4H3,(H,32,34)(H,33,35)/b31-17+. The number of amides is 2. The zero-order chi connectivity index (χ0) is 28.2. The van der Waals surface area contributed by atoms with Crippen LogP contribution in [-0.4, -0.2) is 44.5 Å². The van der Waals surface area contributed by atoms with E-state index in [9.17, 15) is 9.59 Å². The molecule has 0 aliphatic carbocycles. The van der Waals surface area contributed by atoms with Crippen LogP contribution in [0.4, 0.5) is 5.69 Å². The first-order valence-corrected chi connectivity index (χ1v) is 13.3. The second kappa shape index (κ2) is 14.8. The van der Waals surface area contributed by atoms with Gasteiger partial charge in [0.2, 0.25) is 0 Å². The molecule has 2 N–H and O–H groups in total. The highest BCUT2D eigenvalue weighted by atomic mass is 79.9. The third-order valence-corrected chi connectivity index (χ3v) is 5.79. The van der Waals surface area contributed by atoms with Gasteiger partial charge < -0.3 is 24.3 Å². The topological polar surface area (TPSA) is 107 Å². The van der Waals surface area contributed by atoms with Crippen molar-refractivity contribution in [3.63, 3.8) is 0 Å². The Morgan fingerprint density at radius 1 is 0.846 bits per heavy atom. The molecule has 0 radical (unpaired) electrons. The Labute approximate surface area is 236 Å². The van der Waals surface area contributed by atoms with Gasteiger partial charge in [-0.2, -0.15) is 5.10 Å². The molecule has 2 amide bonds. The largest absolute Gasteiger partial charge is 0.490 e. The first-order chi connectivity index (χ1) is 18.8. The van der Waals surface area contributed by atoms with Crippen molar-refractivity contribution in [2.75, 3.05) is 31.7 Å². The molecule has 0 aromatic heterocycles. The summed E-state index contributed by atoms with van der Waals surface area (Å²) in [5.41, 5.74) is 5.32. The Hall–Kier alpha value is -4.05. The predicted molar refractivity (Wildman–Crippen MR) is 154 cm³/mol. The first kappa shape index (κ1) is 29.5. The van der Waals surface area contributed by atoms with E-state index >= 15 is 0 Å². The molecular formula is C29H32BrN3O6. The second-order valence-electron chi connectivity index (χ2n) is 8.19. The van der Waals surface area contributed by atoms with Crippen LogP contribution in [0.2, 0.25) is 0 Å². The number of anilines is 1. The van der Waals surface area contributed by atoms with Gasteiger partial charge in [0.15, 0.2) is 29.6 Å². The van der Waals surface area contributed by atoms with Gasteiger partial charge in [0, 0.05) is 11.3 Å². The predicted octanol–water partition coefficient (Wildman–Crippen LogP) is 5.74. The van der Waals surface area contributed by atoms with Crippen molar-refractivity contribution in [3.05, 3.63) is 75.8 Å². The van der Waals surface area contributed by atoms with E-state index in [1.54, 1.807) is 30.3 Å². The van der Waals surface area contributed by atoms with E-state index in [1.165, 1.54) is 6.21 Å². The SMILES string of the molecule is CCOc1ccc(C(=O)N/N=C/c2cc(Br)c(OCC(=O)Nc3ccc(C)cc3)c(OCC)c2)cc1OCC. The third kappa shape index (κ3) is 8.75. The summed E-state index contributed by atoms with van der Waals surface area (Å²) in [6.07, 6.45) is 1.48. The molecule has 0 aliphatic rings. The summed E-state index contributed by atoms with van der Waals surface area (Å²) >= 11 is 3.48. The van der Waals surface area contributed by atoms with E-state index < -0.39 is 5.91 Å². The van der Waals surface area contributed by atoms with Gasteiger partial charge in [0.1, 0.15) is 0 Å². The maximum absolute atomic E-state index is 12.6. The van der Waals surface area contributed by atoms with Gasteiger partial charge >= 0.3 is 0 Å². The van der Waals surface area contributed by atoms with Crippen LogP contribution in [0.3, 0.4) is 0 Å². The summed E-state index contributed by atoms with van der Waals surface area (Å²) in [6, 6.07) is 15.9. The summed E-state index contributed by atoms with van der Waals surface area (Å²) in [5.74, 6) is 1.17. The molecule has 0 heterocycles. The number of rotatable bonds is 13. The molecule has 10 heteroatoms. The molecule has 0 spiro atoms. The van der Waals surface area contributed by atoms with Crippen LogP contribution in [0.1, 0.15) is 42.3 Å². The van der Waals surface area contributed by atoms with Crippen molar-refractivity contribution in [1.29, 1.82) is 0 Å². The van der Waals surface area contributed by atoms with Crippen molar-refractivity contribution in [3.8, 4) is 23.0 Å². The molecule has 0 aliphatic heterocycles. The van der Waals surface area contributed by atoms with Gasteiger partial charge in [-0.05, 0) is 91.7 Å². The number of carbonyl (C=O) groups excluding carboxylic acids is 2. The lowest BCUT2D eigenvalue weighted by Crippen LogP contribution is -2.20. The van der Waals surface area contributed by atoms with Gasteiger partial charge in [-0.15, -0.1) is 0 Å². The number of benzene rings is 3. The lowest BCUT2D eigenvalue weighted by atomic mass is 10.2. The maximum atomic E-state index is 12.6. The molecule has 3 rings (SSSR count). The fraction of sp³-hybridized carbons (Fsp3) is 0.276. The Balaban J connectivity index is 1.66. The van der Waals surface area contributed by atoms with Crippen molar-refractivity contribution < 1.29 is 28.5 Å². The van der Waals surface area contributed by atoms with Crippen molar-refractivity contribution in [2.45, 2.75) is 27.7 Å². The molecular weight excluding hydrogens is 566 g/mol. The van der Waals surface area contributed by atoms with E-state index in [1.807, 2.05) is 52.0 Å². The third-order valence-electron chi connectivity index (χ3n) is 5.20. The average molecular weight is 598 g/mol. The highest BCUT2D eigenvalue weighted by molar-refractivity contribution is 9.10. The van der Waals surface area contributed by atoms with Crippen LogP contribution in [0.25, 0.3) is 0 Å². The zero-order valence-electron chi connectivity index (χ0n) is 22.4. The average Bonchev–Trinajstić information content (AvgIpc) is 2.91. The van der Waals surface area contributed by atoms with Crippen LogP contribution >= 0.6 is 15.9 Å². The number of hydrogen-bond acceptors (Lipinski definition) is 7. The molecule has 0 atom stereocenters. The molecule has 3 aromatic carbocycles. The second-order valence-corrected chi connectivity index (χ2v) is 9.05. The smallest absolute Gasteiger partial charge is 0.271 e. The van der Waals surface area contributed by atoms with Crippen LogP contribution < -0.4 is 29.7 Å². The van der Waals surface area contributed by atoms with E-state index in [0.29, 0.717) is 64.1 Å². The fourth-order valence-corrected chi connectivity index (χ4v) is 4.03. The molecule has 0 saturated carbocycles. The molecule has 0 bridgehead atoms. The van der Waals surface area contributed by atoms with E-state index in [0.717, 1.165) is 5.56 Å². The summed E-state index contributed by atoms with van der Waals surface area (Å²) in [6.45, 7) is 8.66. The maximum Gasteiger partial charge on any atom is 0.271 e. The number of aryl methyl sites for hydroxylation is 1. The lowest BCUT2D eigenvalue weighted by Gasteiger charge is -2.14. The number of carbonyl (C=O) groups is 2. The van der Waals surface area contributed by atoms with Gasteiger partial charge in [0.05, 0.1) is 30.5 Å². The molecule has 206 valence electrons. The Bertz CT molecular complexity index is 1310. The molecule has 9 nitrogen and oxygen atoms in total. The molecule has 0 saturated heterocycles. The number of halogens is 1. The van der Waals surface area contributed by atoms with Crippen LogP contribution in [0.15, 0.2) is 64.2 Å². The molecule has 0 fully saturated rings. The minimum absolute atomic E-state index is 0.206. The van der Waals surface area contributed by atoms with Crippen LogP contribution in [0, 0.1) is 6.92 Å². The van der Waals surface area contributed by atoms with E-state index in [2.05, 4.69) is 31.8 Å². The summed E-state index contributed by atoms with van der Waals surface area (Å²) < 4.78 is 23.2. The van der Waals surface area contributed by atoms with Gasteiger partial charge in [-0.25, -0.2) is 5.43 Å². The van der Waals surface area contributed by atoms with Crippen molar-refractivity contribution in [2.24, 2.45) is 5.10 Å². The number of hydrogen-bond donors (Lipinski definition) is 2.